The number of carbonyl (C=O) groups is 2. The average Bonchev–Trinajstić information content (AvgIpc) is 2.39. The number of halogens is 5. The highest BCUT2D eigenvalue weighted by Gasteiger charge is 2.49. The monoisotopic (exact) mass is 326 g/mol. The molecule has 0 unspecified atom stereocenters. The van der Waals surface area contributed by atoms with Gasteiger partial charge < -0.3 is 15.4 Å². The Hall–Kier alpha value is -2.03. The van der Waals surface area contributed by atoms with Crippen LogP contribution in [0.4, 0.5) is 28.9 Å². The molecule has 2 rings (SSSR count). The molecule has 0 aromatic heterocycles. The number of hydrogen-bond donors (Lipinski definition) is 2. The van der Waals surface area contributed by atoms with Crippen LogP contribution in [0, 0.1) is 0 Å². The molecule has 1 aliphatic heterocycles. The standard InChI is InChI=1S/C11H7ClF4N2O3/c12-4-1-6-7(21-3-8(19)17-6)2-5(4)18-10(20)11(15,16)9(13)14/h1-2,9H,3H2,(H,17,19)(H,18,20). The molecule has 114 valence electrons. The molecule has 0 bridgehead atoms. The van der Waals surface area contributed by atoms with E-state index in [0.717, 1.165) is 12.1 Å². The SMILES string of the molecule is O=C1COc2cc(NC(=O)C(F)(F)C(F)F)c(Cl)cc2N1. The lowest BCUT2D eigenvalue weighted by molar-refractivity contribution is -0.163. The molecule has 1 heterocycles. The van der Waals surface area contributed by atoms with Gasteiger partial charge in [0.25, 0.3) is 5.91 Å². The van der Waals surface area contributed by atoms with Crippen molar-refractivity contribution in [2.75, 3.05) is 17.2 Å². The van der Waals surface area contributed by atoms with E-state index < -0.39 is 24.2 Å². The maximum absolute atomic E-state index is 12.9. The molecule has 21 heavy (non-hydrogen) atoms. The van der Waals surface area contributed by atoms with E-state index >= 15 is 0 Å². The topological polar surface area (TPSA) is 67.4 Å². The Morgan fingerprint density at radius 2 is 2.10 bits per heavy atom. The van der Waals surface area contributed by atoms with E-state index in [0.29, 0.717) is 0 Å². The van der Waals surface area contributed by atoms with Crippen LogP contribution in [0.5, 0.6) is 5.75 Å². The first-order valence-electron chi connectivity index (χ1n) is 5.45. The Morgan fingerprint density at radius 1 is 1.43 bits per heavy atom. The highest BCUT2D eigenvalue weighted by atomic mass is 35.5. The Morgan fingerprint density at radius 3 is 2.71 bits per heavy atom. The van der Waals surface area contributed by atoms with E-state index in [9.17, 15) is 27.2 Å². The fourth-order valence-electron chi connectivity index (χ4n) is 1.50. The smallest absolute Gasteiger partial charge is 0.383 e. The van der Waals surface area contributed by atoms with Crippen molar-refractivity contribution in [2.45, 2.75) is 12.3 Å². The van der Waals surface area contributed by atoms with E-state index in [-0.39, 0.29) is 28.8 Å². The Kier molecular flexibility index (Phi) is 3.95. The van der Waals surface area contributed by atoms with Gasteiger partial charge in [-0.25, -0.2) is 8.78 Å². The third-order valence-electron chi connectivity index (χ3n) is 2.53. The molecular formula is C11H7ClF4N2O3. The van der Waals surface area contributed by atoms with Crippen LogP contribution in [0.15, 0.2) is 12.1 Å². The average molecular weight is 327 g/mol. The van der Waals surface area contributed by atoms with Gasteiger partial charge in [-0.05, 0) is 6.07 Å². The Balaban J connectivity index is 2.26. The summed E-state index contributed by atoms with van der Waals surface area (Å²) in [5.74, 6) is -7.43. The fraction of sp³-hybridized carbons (Fsp3) is 0.273. The summed E-state index contributed by atoms with van der Waals surface area (Å²) in [5, 5.41) is 3.78. The van der Waals surface area contributed by atoms with Gasteiger partial charge in [0.2, 0.25) is 0 Å². The van der Waals surface area contributed by atoms with E-state index in [1.54, 1.807) is 5.32 Å². The van der Waals surface area contributed by atoms with Crippen molar-refractivity contribution < 1.29 is 31.9 Å². The van der Waals surface area contributed by atoms with Crippen LogP contribution in [0.1, 0.15) is 0 Å². The largest absolute Gasteiger partial charge is 0.482 e. The van der Waals surface area contributed by atoms with Gasteiger partial charge in [-0.3, -0.25) is 9.59 Å². The lowest BCUT2D eigenvalue weighted by atomic mass is 10.2. The summed E-state index contributed by atoms with van der Waals surface area (Å²) in [6, 6.07) is 2.20. The van der Waals surface area contributed by atoms with Gasteiger partial charge in [0, 0.05) is 6.07 Å². The number of ether oxygens (including phenoxy) is 1. The lowest BCUT2D eigenvalue weighted by Crippen LogP contribution is -2.41. The first-order valence-corrected chi connectivity index (χ1v) is 5.83. The van der Waals surface area contributed by atoms with Crippen molar-refractivity contribution >= 4 is 34.8 Å². The van der Waals surface area contributed by atoms with Crippen molar-refractivity contribution in [3.8, 4) is 5.75 Å². The quantitative estimate of drug-likeness (QED) is 0.839. The van der Waals surface area contributed by atoms with Crippen LogP contribution in [0.2, 0.25) is 5.02 Å². The molecule has 0 aliphatic carbocycles. The van der Waals surface area contributed by atoms with Gasteiger partial charge in [-0.2, -0.15) is 8.78 Å². The zero-order valence-corrected chi connectivity index (χ0v) is 10.8. The summed E-state index contributed by atoms with van der Waals surface area (Å²) in [6.07, 6.45) is -4.15. The Labute approximate surface area is 120 Å². The normalized spacial score (nSPS) is 14.3. The minimum atomic E-state index is -4.85. The van der Waals surface area contributed by atoms with Gasteiger partial charge in [0.1, 0.15) is 5.75 Å². The molecule has 1 aromatic carbocycles. The second-order valence-electron chi connectivity index (χ2n) is 4.04. The molecule has 5 nitrogen and oxygen atoms in total. The molecule has 0 spiro atoms. The molecule has 2 amide bonds. The minimum Gasteiger partial charge on any atom is -0.482 e. The van der Waals surface area contributed by atoms with Crippen molar-refractivity contribution in [1.29, 1.82) is 0 Å². The maximum atomic E-state index is 12.9. The number of anilines is 2. The second kappa shape index (κ2) is 5.40. The van der Waals surface area contributed by atoms with Crippen LogP contribution >= 0.6 is 11.6 Å². The zero-order chi connectivity index (χ0) is 15.8. The van der Waals surface area contributed by atoms with Gasteiger partial charge >= 0.3 is 18.3 Å². The highest BCUT2D eigenvalue weighted by Crippen LogP contribution is 2.37. The molecule has 0 saturated carbocycles. The summed E-state index contributed by atoms with van der Waals surface area (Å²) in [4.78, 5) is 22.2. The van der Waals surface area contributed by atoms with E-state index in [1.807, 2.05) is 0 Å². The van der Waals surface area contributed by atoms with E-state index in [2.05, 4.69) is 5.32 Å². The van der Waals surface area contributed by atoms with Crippen LogP contribution in [0.3, 0.4) is 0 Å². The van der Waals surface area contributed by atoms with Crippen molar-refractivity contribution in [3.63, 3.8) is 0 Å². The van der Waals surface area contributed by atoms with E-state index in [1.165, 1.54) is 0 Å². The molecule has 1 aromatic rings. The number of fused-ring (bicyclic) bond motifs is 1. The zero-order valence-electron chi connectivity index (χ0n) is 10.1. The fourth-order valence-corrected chi connectivity index (χ4v) is 1.71. The van der Waals surface area contributed by atoms with Crippen LogP contribution in [-0.2, 0) is 9.59 Å². The van der Waals surface area contributed by atoms with Gasteiger partial charge in [0.15, 0.2) is 6.61 Å². The first-order chi connectivity index (χ1) is 9.71. The van der Waals surface area contributed by atoms with Crippen molar-refractivity contribution in [3.05, 3.63) is 17.2 Å². The first kappa shape index (κ1) is 15.4. The lowest BCUT2D eigenvalue weighted by Gasteiger charge is -2.20. The summed E-state index contributed by atoms with van der Waals surface area (Å²) in [6.45, 7) is -0.310. The summed E-state index contributed by atoms with van der Waals surface area (Å²) in [7, 11) is 0. The number of rotatable bonds is 3. The predicted molar refractivity (Wildman–Crippen MR) is 65.2 cm³/mol. The molecule has 2 N–H and O–H groups in total. The molecule has 10 heteroatoms. The third-order valence-corrected chi connectivity index (χ3v) is 2.84. The van der Waals surface area contributed by atoms with E-state index in [4.69, 9.17) is 16.3 Å². The van der Waals surface area contributed by atoms with Gasteiger partial charge in [-0.15, -0.1) is 0 Å². The van der Waals surface area contributed by atoms with Gasteiger partial charge in [0.05, 0.1) is 16.4 Å². The molecule has 0 fully saturated rings. The number of amides is 2. The maximum Gasteiger partial charge on any atom is 0.383 e. The van der Waals surface area contributed by atoms with Crippen LogP contribution < -0.4 is 15.4 Å². The highest BCUT2D eigenvalue weighted by molar-refractivity contribution is 6.34. The molecule has 0 radical (unpaired) electrons. The number of nitrogens with one attached hydrogen (secondary N) is 2. The number of benzene rings is 1. The summed E-state index contributed by atoms with van der Waals surface area (Å²) >= 11 is 5.73. The van der Waals surface area contributed by atoms with Gasteiger partial charge in [-0.1, -0.05) is 11.6 Å². The van der Waals surface area contributed by atoms with Crippen LogP contribution in [-0.4, -0.2) is 30.8 Å². The predicted octanol–water partition coefficient (Wildman–Crippen LogP) is 2.51. The second-order valence-corrected chi connectivity index (χ2v) is 4.45. The number of alkyl halides is 4. The molecule has 1 aliphatic rings. The Bertz CT molecular complexity index is 609. The molecule has 0 saturated heterocycles. The molecular weight excluding hydrogens is 320 g/mol. The summed E-state index contributed by atoms with van der Waals surface area (Å²) in [5.41, 5.74) is -0.160. The number of hydrogen-bond acceptors (Lipinski definition) is 3. The van der Waals surface area contributed by atoms with Crippen LogP contribution in [0.25, 0.3) is 0 Å². The van der Waals surface area contributed by atoms with Crippen molar-refractivity contribution in [2.24, 2.45) is 0 Å². The number of carbonyl (C=O) groups excluding carboxylic acids is 2. The van der Waals surface area contributed by atoms with Crippen molar-refractivity contribution in [1.82, 2.24) is 0 Å². The third kappa shape index (κ3) is 3.02. The summed E-state index contributed by atoms with van der Waals surface area (Å²) < 4.78 is 54.8. The molecule has 0 atom stereocenters. The minimum absolute atomic E-state index is 0.0645.